The molecule has 2 heterocycles. The van der Waals surface area contributed by atoms with E-state index < -0.39 is 0 Å². The van der Waals surface area contributed by atoms with Crippen LogP contribution in [0.2, 0.25) is 0 Å². The largest absolute Gasteiger partial charge is 0.459 e. The Balaban J connectivity index is 1.66. The highest BCUT2D eigenvalue weighted by atomic mass is 32.1. The smallest absolute Gasteiger partial charge is 0.263 e. The topological polar surface area (TPSA) is 55.1 Å². The van der Waals surface area contributed by atoms with Gasteiger partial charge in [-0.3, -0.25) is 4.79 Å². The van der Waals surface area contributed by atoms with Crippen LogP contribution in [0.5, 0.6) is 0 Å². The molecular formula is C17H22N2O2S. The maximum Gasteiger partial charge on any atom is 0.263 e. The summed E-state index contributed by atoms with van der Waals surface area (Å²) in [5.41, 5.74) is 0.773. The number of carbonyl (C=O) groups excluding carboxylic acids is 1. The molecule has 22 heavy (non-hydrogen) atoms. The first-order valence-corrected chi connectivity index (χ1v) is 8.77. The van der Waals surface area contributed by atoms with Crippen molar-refractivity contribution in [1.82, 2.24) is 10.3 Å². The van der Waals surface area contributed by atoms with Crippen LogP contribution in [0, 0.1) is 19.8 Å². The van der Waals surface area contributed by atoms with Crippen LogP contribution < -0.4 is 5.32 Å². The Kier molecular flexibility index (Phi) is 4.62. The lowest BCUT2D eigenvalue weighted by Crippen LogP contribution is -2.30. The molecule has 0 unspecified atom stereocenters. The Morgan fingerprint density at radius 1 is 1.32 bits per heavy atom. The lowest BCUT2D eigenvalue weighted by Gasteiger charge is -2.21. The van der Waals surface area contributed by atoms with Crippen LogP contribution in [0.25, 0.3) is 10.8 Å². The van der Waals surface area contributed by atoms with E-state index in [1.54, 1.807) is 0 Å². The van der Waals surface area contributed by atoms with E-state index in [1.165, 1.54) is 43.4 Å². The van der Waals surface area contributed by atoms with Gasteiger partial charge in [-0.25, -0.2) is 4.98 Å². The molecule has 0 saturated heterocycles. The lowest BCUT2D eigenvalue weighted by atomic mass is 9.89. The number of hydrogen-bond donors (Lipinski definition) is 1. The number of rotatable bonds is 4. The van der Waals surface area contributed by atoms with E-state index in [-0.39, 0.29) is 5.91 Å². The van der Waals surface area contributed by atoms with Gasteiger partial charge < -0.3 is 9.73 Å². The van der Waals surface area contributed by atoms with Crippen molar-refractivity contribution in [1.29, 1.82) is 0 Å². The van der Waals surface area contributed by atoms with Gasteiger partial charge in [0.25, 0.3) is 5.91 Å². The van der Waals surface area contributed by atoms with E-state index >= 15 is 0 Å². The van der Waals surface area contributed by atoms with Crippen molar-refractivity contribution in [2.24, 2.45) is 5.92 Å². The number of nitrogens with one attached hydrogen (secondary N) is 1. The number of amides is 1. The highest BCUT2D eigenvalue weighted by Crippen LogP contribution is 2.29. The minimum Gasteiger partial charge on any atom is -0.459 e. The van der Waals surface area contributed by atoms with Crippen LogP contribution in [-0.2, 0) is 0 Å². The molecule has 3 rings (SSSR count). The second-order valence-electron chi connectivity index (χ2n) is 6.06. The van der Waals surface area contributed by atoms with Gasteiger partial charge >= 0.3 is 0 Å². The van der Waals surface area contributed by atoms with Crippen LogP contribution in [0.15, 0.2) is 16.5 Å². The standard InChI is InChI=1S/C17H22N2O2S/c1-11-8-9-14(21-11)17-19-12(2)15(22-17)16(20)18-10-13-6-4-3-5-7-13/h8-9,13H,3-7,10H2,1-2H3,(H,18,20). The Morgan fingerprint density at radius 3 is 2.77 bits per heavy atom. The number of furan rings is 1. The predicted molar refractivity (Wildman–Crippen MR) is 88.2 cm³/mol. The van der Waals surface area contributed by atoms with E-state index in [0.29, 0.717) is 10.8 Å². The first kappa shape index (κ1) is 15.3. The summed E-state index contributed by atoms with van der Waals surface area (Å²) < 4.78 is 5.59. The Hall–Kier alpha value is -1.62. The van der Waals surface area contributed by atoms with Gasteiger partial charge in [-0.15, -0.1) is 11.3 Å². The summed E-state index contributed by atoms with van der Waals surface area (Å²) in [5, 5.41) is 3.85. The van der Waals surface area contributed by atoms with E-state index in [0.717, 1.165) is 28.8 Å². The van der Waals surface area contributed by atoms with Gasteiger partial charge in [0.15, 0.2) is 10.8 Å². The van der Waals surface area contributed by atoms with E-state index in [2.05, 4.69) is 10.3 Å². The molecule has 2 aromatic rings. The van der Waals surface area contributed by atoms with Gasteiger partial charge in [0, 0.05) is 6.54 Å². The molecule has 0 radical (unpaired) electrons. The second-order valence-corrected chi connectivity index (χ2v) is 7.06. The van der Waals surface area contributed by atoms with Crippen molar-refractivity contribution in [2.75, 3.05) is 6.54 Å². The van der Waals surface area contributed by atoms with Gasteiger partial charge in [0.2, 0.25) is 0 Å². The van der Waals surface area contributed by atoms with Crippen molar-refractivity contribution in [3.63, 3.8) is 0 Å². The molecule has 0 aromatic carbocycles. The molecule has 1 saturated carbocycles. The van der Waals surface area contributed by atoms with Crippen molar-refractivity contribution in [3.05, 3.63) is 28.5 Å². The Morgan fingerprint density at radius 2 is 2.09 bits per heavy atom. The fraction of sp³-hybridized carbons (Fsp3) is 0.529. The molecular weight excluding hydrogens is 296 g/mol. The minimum atomic E-state index is -0.00454. The summed E-state index contributed by atoms with van der Waals surface area (Å²) in [6.45, 7) is 4.57. The predicted octanol–water partition coefficient (Wildman–Crippen LogP) is 4.33. The minimum absolute atomic E-state index is 0.00454. The Bertz CT molecular complexity index is 653. The Labute approximate surface area is 134 Å². The summed E-state index contributed by atoms with van der Waals surface area (Å²) in [7, 11) is 0. The maximum atomic E-state index is 12.4. The van der Waals surface area contributed by atoms with Gasteiger partial charge in [-0.2, -0.15) is 0 Å². The van der Waals surface area contributed by atoms with Crippen molar-refractivity contribution < 1.29 is 9.21 Å². The fourth-order valence-electron chi connectivity index (χ4n) is 2.97. The van der Waals surface area contributed by atoms with Crippen LogP contribution in [0.4, 0.5) is 0 Å². The molecule has 5 heteroatoms. The molecule has 2 aromatic heterocycles. The molecule has 1 amide bonds. The van der Waals surface area contributed by atoms with E-state index in [9.17, 15) is 4.79 Å². The van der Waals surface area contributed by atoms with E-state index in [4.69, 9.17) is 4.42 Å². The number of aryl methyl sites for hydroxylation is 2. The zero-order valence-electron chi connectivity index (χ0n) is 13.1. The number of thiazole rings is 1. The number of nitrogens with zero attached hydrogens (tertiary/aromatic N) is 1. The molecule has 1 aliphatic carbocycles. The maximum absolute atomic E-state index is 12.4. The summed E-state index contributed by atoms with van der Waals surface area (Å²) in [6.07, 6.45) is 6.40. The lowest BCUT2D eigenvalue weighted by molar-refractivity contribution is 0.0947. The average molecular weight is 318 g/mol. The fourth-order valence-corrected chi connectivity index (χ4v) is 3.91. The summed E-state index contributed by atoms with van der Waals surface area (Å²) in [6, 6.07) is 3.81. The van der Waals surface area contributed by atoms with Crippen LogP contribution in [0.3, 0.4) is 0 Å². The van der Waals surface area contributed by atoms with E-state index in [1.807, 2.05) is 26.0 Å². The highest BCUT2D eigenvalue weighted by molar-refractivity contribution is 7.17. The van der Waals surface area contributed by atoms with Crippen molar-refractivity contribution >= 4 is 17.2 Å². The van der Waals surface area contributed by atoms with Crippen molar-refractivity contribution in [2.45, 2.75) is 46.0 Å². The SMILES string of the molecule is Cc1ccc(-c2nc(C)c(C(=O)NCC3CCCCC3)s2)o1. The first-order chi connectivity index (χ1) is 10.6. The van der Waals surface area contributed by atoms with Crippen molar-refractivity contribution in [3.8, 4) is 10.8 Å². The van der Waals surface area contributed by atoms with Crippen LogP contribution in [-0.4, -0.2) is 17.4 Å². The van der Waals surface area contributed by atoms with Crippen LogP contribution >= 0.6 is 11.3 Å². The molecule has 1 N–H and O–H groups in total. The molecule has 0 spiro atoms. The zero-order valence-corrected chi connectivity index (χ0v) is 14.0. The number of carbonyl (C=O) groups is 1. The van der Waals surface area contributed by atoms with Gasteiger partial charge in [0.05, 0.1) is 5.69 Å². The molecule has 1 fully saturated rings. The third-order valence-electron chi connectivity index (χ3n) is 4.23. The summed E-state index contributed by atoms with van der Waals surface area (Å²) in [4.78, 5) is 17.6. The monoisotopic (exact) mass is 318 g/mol. The number of hydrogen-bond acceptors (Lipinski definition) is 4. The molecule has 0 bridgehead atoms. The third-order valence-corrected chi connectivity index (χ3v) is 5.40. The number of aromatic nitrogens is 1. The third kappa shape index (κ3) is 3.40. The molecule has 4 nitrogen and oxygen atoms in total. The van der Waals surface area contributed by atoms with Gasteiger partial charge in [-0.1, -0.05) is 19.3 Å². The zero-order chi connectivity index (χ0) is 15.5. The first-order valence-electron chi connectivity index (χ1n) is 7.96. The highest BCUT2D eigenvalue weighted by Gasteiger charge is 2.19. The average Bonchev–Trinajstić information content (AvgIpc) is 3.12. The molecule has 0 atom stereocenters. The summed E-state index contributed by atoms with van der Waals surface area (Å²) in [5.74, 6) is 2.22. The van der Waals surface area contributed by atoms with Gasteiger partial charge in [-0.05, 0) is 44.7 Å². The second kappa shape index (κ2) is 6.65. The summed E-state index contributed by atoms with van der Waals surface area (Å²) >= 11 is 1.40. The normalized spacial score (nSPS) is 15.9. The molecule has 118 valence electrons. The molecule has 1 aliphatic rings. The molecule has 0 aliphatic heterocycles. The van der Waals surface area contributed by atoms with Gasteiger partial charge in [0.1, 0.15) is 10.6 Å². The van der Waals surface area contributed by atoms with Crippen LogP contribution in [0.1, 0.15) is 53.2 Å². The quantitative estimate of drug-likeness (QED) is 0.913.